The number of furan rings is 1. The molecule has 5 heteroatoms. The quantitative estimate of drug-likeness (QED) is 0.943. The van der Waals surface area contributed by atoms with Crippen molar-refractivity contribution in [1.82, 2.24) is 4.90 Å². The van der Waals surface area contributed by atoms with Gasteiger partial charge in [-0.15, -0.1) is 0 Å². The van der Waals surface area contributed by atoms with E-state index in [-0.39, 0.29) is 17.4 Å². The number of piperidine rings is 1. The smallest absolute Gasteiger partial charge is 0.371 e. The van der Waals surface area contributed by atoms with E-state index in [9.17, 15) is 9.59 Å². The maximum absolute atomic E-state index is 12.4. The predicted molar refractivity (Wildman–Crippen MR) is 84.7 cm³/mol. The number of carboxylic acid groups (broad SMARTS) is 1. The van der Waals surface area contributed by atoms with E-state index in [4.69, 9.17) is 9.52 Å². The average Bonchev–Trinajstić information content (AvgIpc) is 3.05. The molecule has 1 aliphatic heterocycles. The zero-order valence-corrected chi connectivity index (χ0v) is 13.0. The van der Waals surface area contributed by atoms with Gasteiger partial charge in [0.1, 0.15) is 0 Å². The largest absolute Gasteiger partial charge is 0.475 e. The molecule has 0 aliphatic carbocycles. The van der Waals surface area contributed by atoms with E-state index in [1.165, 1.54) is 23.3 Å². The Balaban J connectivity index is 1.65. The third-order valence-corrected chi connectivity index (χ3v) is 4.44. The van der Waals surface area contributed by atoms with Gasteiger partial charge in [0.2, 0.25) is 5.76 Å². The first-order chi connectivity index (χ1) is 11.1. The third-order valence-electron chi connectivity index (χ3n) is 4.44. The van der Waals surface area contributed by atoms with Crippen LogP contribution in [0.2, 0.25) is 0 Å². The Hall–Kier alpha value is -2.56. The Bertz CT molecular complexity index is 726. The molecule has 5 nitrogen and oxygen atoms in total. The van der Waals surface area contributed by atoms with E-state index in [0.29, 0.717) is 19.0 Å². The number of hydrogen-bond acceptors (Lipinski definition) is 3. The molecule has 0 saturated carbocycles. The topological polar surface area (TPSA) is 70.8 Å². The lowest BCUT2D eigenvalue weighted by molar-refractivity contribution is 0.0639. The Morgan fingerprint density at radius 3 is 2.35 bits per heavy atom. The highest BCUT2D eigenvalue weighted by atomic mass is 16.4. The molecule has 2 aromatic rings. The summed E-state index contributed by atoms with van der Waals surface area (Å²) in [5, 5.41) is 8.86. The molecule has 1 aliphatic rings. The van der Waals surface area contributed by atoms with Crippen LogP contribution in [-0.4, -0.2) is 35.0 Å². The van der Waals surface area contributed by atoms with Gasteiger partial charge in [-0.1, -0.05) is 24.3 Å². The molecule has 0 radical (unpaired) electrons. The molecular weight excluding hydrogens is 294 g/mol. The molecule has 0 unspecified atom stereocenters. The maximum Gasteiger partial charge on any atom is 0.371 e. The van der Waals surface area contributed by atoms with Crippen molar-refractivity contribution in [3.05, 3.63) is 59.0 Å². The van der Waals surface area contributed by atoms with Crippen molar-refractivity contribution in [1.29, 1.82) is 0 Å². The first-order valence-corrected chi connectivity index (χ1v) is 7.74. The van der Waals surface area contributed by atoms with Crippen LogP contribution in [0.1, 0.15) is 51.0 Å². The van der Waals surface area contributed by atoms with Gasteiger partial charge in [0.25, 0.3) is 5.91 Å². The highest BCUT2D eigenvalue weighted by molar-refractivity contribution is 5.93. The Kier molecular flexibility index (Phi) is 4.19. The van der Waals surface area contributed by atoms with Crippen molar-refractivity contribution in [3.63, 3.8) is 0 Å². The van der Waals surface area contributed by atoms with Crippen molar-refractivity contribution in [2.75, 3.05) is 13.1 Å². The first kappa shape index (κ1) is 15.3. The average molecular weight is 313 g/mol. The minimum atomic E-state index is -1.16. The van der Waals surface area contributed by atoms with E-state index in [0.717, 1.165) is 12.8 Å². The van der Waals surface area contributed by atoms with Crippen LogP contribution in [0.3, 0.4) is 0 Å². The van der Waals surface area contributed by atoms with Gasteiger partial charge in [-0.25, -0.2) is 4.79 Å². The number of benzene rings is 1. The second kappa shape index (κ2) is 6.28. The number of amides is 1. The number of likely N-dealkylation sites (tertiary alicyclic amines) is 1. The summed E-state index contributed by atoms with van der Waals surface area (Å²) >= 11 is 0. The zero-order chi connectivity index (χ0) is 16.4. The lowest BCUT2D eigenvalue weighted by atomic mass is 9.87. The second-order valence-corrected chi connectivity index (χ2v) is 5.89. The number of carbonyl (C=O) groups is 2. The lowest BCUT2D eigenvalue weighted by Crippen LogP contribution is -2.37. The van der Waals surface area contributed by atoms with Crippen molar-refractivity contribution >= 4 is 11.9 Å². The Labute approximate surface area is 134 Å². The molecular formula is C18H19NO4. The van der Waals surface area contributed by atoms with Crippen LogP contribution in [0.25, 0.3) is 0 Å². The zero-order valence-electron chi connectivity index (χ0n) is 13.0. The summed E-state index contributed by atoms with van der Waals surface area (Å²) in [6, 6.07) is 11.1. The molecule has 1 aromatic carbocycles. The van der Waals surface area contributed by atoms with E-state index < -0.39 is 5.97 Å². The molecule has 23 heavy (non-hydrogen) atoms. The fraction of sp³-hybridized carbons (Fsp3) is 0.333. The van der Waals surface area contributed by atoms with Crippen LogP contribution in [0.5, 0.6) is 0 Å². The van der Waals surface area contributed by atoms with Crippen molar-refractivity contribution in [3.8, 4) is 0 Å². The molecule has 0 bridgehead atoms. The fourth-order valence-electron chi connectivity index (χ4n) is 3.16. The molecule has 1 amide bonds. The molecule has 2 heterocycles. The van der Waals surface area contributed by atoms with Crippen LogP contribution >= 0.6 is 0 Å². The molecule has 120 valence electrons. The fourth-order valence-corrected chi connectivity index (χ4v) is 3.16. The molecule has 3 rings (SSSR count). The summed E-state index contributed by atoms with van der Waals surface area (Å²) in [5.74, 6) is -1.05. The molecule has 0 spiro atoms. The monoisotopic (exact) mass is 313 g/mol. The molecule has 1 aromatic heterocycles. The maximum atomic E-state index is 12.4. The molecule has 1 saturated heterocycles. The van der Waals surface area contributed by atoms with Gasteiger partial charge in [0, 0.05) is 13.1 Å². The van der Waals surface area contributed by atoms with Crippen molar-refractivity contribution < 1.29 is 19.1 Å². The minimum absolute atomic E-state index is 0.0942. The van der Waals surface area contributed by atoms with Gasteiger partial charge in [-0.3, -0.25) is 4.79 Å². The van der Waals surface area contributed by atoms with E-state index in [2.05, 4.69) is 25.1 Å². The van der Waals surface area contributed by atoms with Gasteiger partial charge < -0.3 is 14.4 Å². The van der Waals surface area contributed by atoms with Crippen LogP contribution in [-0.2, 0) is 0 Å². The Morgan fingerprint density at radius 2 is 1.74 bits per heavy atom. The van der Waals surface area contributed by atoms with Gasteiger partial charge in [0.05, 0.1) is 0 Å². The lowest BCUT2D eigenvalue weighted by Gasteiger charge is -2.32. The third kappa shape index (κ3) is 3.13. The highest BCUT2D eigenvalue weighted by Crippen LogP contribution is 2.30. The summed E-state index contributed by atoms with van der Waals surface area (Å²) in [6.07, 6.45) is 1.81. The Morgan fingerprint density at radius 1 is 1.09 bits per heavy atom. The van der Waals surface area contributed by atoms with Crippen LogP contribution in [0, 0.1) is 6.92 Å². The number of carboxylic acids is 1. The van der Waals surface area contributed by atoms with E-state index >= 15 is 0 Å². The van der Waals surface area contributed by atoms with Crippen molar-refractivity contribution in [2.24, 2.45) is 0 Å². The summed E-state index contributed by atoms with van der Waals surface area (Å²) in [5.41, 5.74) is 2.64. The summed E-state index contributed by atoms with van der Waals surface area (Å²) in [4.78, 5) is 24.9. The predicted octanol–water partition coefficient (Wildman–Crippen LogP) is 3.31. The van der Waals surface area contributed by atoms with Gasteiger partial charge >= 0.3 is 5.97 Å². The second-order valence-electron chi connectivity index (χ2n) is 5.89. The van der Waals surface area contributed by atoms with E-state index in [1.807, 2.05) is 6.07 Å². The number of aromatic carboxylic acids is 1. The van der Waals surface area contributed by atoms with Crippen molar-refractivity contribution in [2.45, 2.75) is 25.7 Å². The summed E-state index contributed by atoms with van der Waals surface area (Å²) in [7, 11) is 0. The number of rotatable bonds is 3. The summed E-state index contributed by atoms with van der Waals surface area (Å²) in [6.45, 7) is 3.42. The van der Waals surface area contributed by atoms with Gasteiger partial charge in [-0.2, -0.15) is 0 Å². The van der Waals surface area contributed by atoms with Crippen LogP contribution < -0.4 is 0 Å². The van der Waals surface area contributed by atoms with Gasteiger partial charge in [-0.05, 0) is 48.9 Å². The molecule has 1 fully saturated rings. The summed E-state index contributed by atoms with van der Waals surface area (Å²) < 4.78 is 5.10. The molecule has 1 N–H and O–H groups in total. The standard InChI is InChI=1S/C18H19NO4/c1-12-4-2-3-5-14(12)13-8-10-19(11-9-13)17(20)15-6-7-16(23-15)18(21)22/h2-7,13H,8-11H2,1H3,(H,21,22). The highest BCUT2D eigenvalue weighted by Gasteiger charge is 2.27. The minimum Gasteiger partial charge on any atom is -0.475 e. The number of carbonyl (C=O) groups excluding carboxylic acids is 1. The van der Waals surface area contributed by atoms with Crippen LogP contribution in [0.4, 0.5) is 0 Å². The first-order valence-electron chi connectivity index (χ1n) is 7.74. The number of aryl methyl sites for hydroxylation is 1. The molecule has 0 atom stereocenters. The van der Waals surface area contributed by atoms with Gasteiger partial charge in [0.15, 0.2) is 5.76 Å². The number of nitrogens with zero attached hydrogens (tertiary/aromatic N) is 1. The SMILES string of the molecule is Cc1ccccc1C1CCN(C(=O)c2ccc(C(=O)O)o2)CC1. The number of hydrogen-bond donors (Lipinski definition) is 1. The normalized spacial score (nSPS) is 15.6. The van der Waals surface area contributed by atoms with Crippen LogP contribution in [0.15, 0.2) is 40.8 Å². The van der Waals surface area contributed by atoms with E-state index in [1.54, 1.807) is 4.90 Å².